The molecular weight excluding hydrogens is 248 g/mol. The van der Waals surface area contributed by atoms with Crippen LogP contribution in [0.2, 0.25) is 0 Å². The second-order valence-electron chi connectivity index (χ2n) is 6.69. The fourth-order valence-corrected chi connectivity index (χ4v) is 3.54. The van der Waals surface area contributed by atoms with Gasteiger partial charge in [-0.05, 0) is 57.1 Å². The van der Waals surface area contributed by atoms with E-state index in [1.165, 1.54) is 36.1 Å². The van der Waals surface area contributed by atoms with Gasteiger partial charge in [-0.2, -0.15) is 0 Å². The van der Waals surface area contributed by atoms with E-state index in [0.717, 1.165) is 12.8 Å². The fourth-order valence-electron chi connectivity index (χ4n) is 3.54. The first-order chi connectivity index (χ1) is 9.57. The van der Waals surface area contributed by atoms with E-state index in [2.05, 4.69) is 29.4 Å². The molecule has 108 valence electrons. The molecule has 0 amide bonds. The number of oxime groups is 1. The Morgan fingerprint density at radius 1 is 1.25 bits per heavy atom. The molecular formula is C17H24N2O. The molecule has 1 aromatic carbocycles. The van der Waals surface area contributed by atoms with Crippen molar-refractivity contribution in [2.75, 3.05) is 6.54 Å². The Kier molecular flexibility index (Phi) is 3.33. The van der Waals surface area contributed by atoms with Crippen molar-refractivity contribution in [3.63, 3.8) is 0 Å². The molecule has 20 heavy (non-hydrogen) atoms. The standard InChI is InChI=1S/C17H24N2O/c1-16(2,12-18)20-19-15-8-5-10-17(15)11-9-13-6-3-4-7-14(13)17/h3-4,6-7H,5,8-12,18H2,1-2H3. The van der Waals surface area contributed by atoms with Crippen LogP contribution in [0.4, 0.5) is 0 Å². The summed E-state index contributed by atoms with van der Waals surface area (Å²) in [5.41, 5.74) is 9.67. The van der Waals surface area contributed by atoms with Gasteiger partial charge in [0, 0.05) is 12.0 Å². The van der Waals surface area contributed by atoms with Crippen molar-refractivity contribution in [1.82, 2.24) is 0 Å². The van der Waals surface area contributed by atoms with E-state index in [-0.39, 0.29) is 11.0 Å². The molecule has 0 saturated heterocycles. The number of fused-ring (bicyclic) bond motifs is 2. The van der Waals surface area contributed by atoms with Crippen molar-refractivity contribution >= 4 is 5.71 Å². The van der Waals surface area contributed by atoms with Crippen molar-refractivity contribution in [3.05, 3.63) is 35.4 Å². The third kappa shape index (κ3) is 2.14. The van der Waals surface area contributed by atoms with Crippen LogP contribution in [0.5, 0.6) is 0 Å². The predicted molar refractivity (Wildman–Crippen MR) is 81.9 cm³/mol. The average molecular weight is 272 g/mol. The molecule has 1 fully saturated rings. The monoisotopic (exact) mass is 272 g/mol. The first kappa shape index (κ1) is 13.6. The molecule has 3 rings (SSSR count). The molecule has 1 spiro atoms. The van der Waals surface area contributed by atoms with Crippen LogP contribution in [-0.2, 0) is 16.7 Å². The molecule has 0 bridgehead atoms. The Balaban J connectivity index is 1.92. The lowest BCUT2D eigenvalue weighted by atomic mass is 9.79. The van der Waals surface area contributed by atoms with Gasteiger partial charge >= 0.3 is 0 Å². The second kappa shape index (κ2) is 4.88. The number of hydrogen-bond donors (Lipinski definition) is 1. The summed E-state index contributed by atoms with van der Waals surface area (Å²) in [4.78, 5) is 5.73. The zero-order chi connectivity index (χ0) is 14.2. The summed E-state index contributed by atoms with van der Waals surface area (Å²) in [6, 6.07) is 8.81. The Bertz CT molecular complexity index is 536. The summed E-state index contributed by atoms with van der Waals surface area (Å²) in [6.07, 6.45) is 5.80. The minimum atomic E-state index is -0.380. The number of hydrogen-bond acceptors (Lipinski definition) is 3. The van der Waals surface area contributed by atoms with Crippen LogP contribution in [0.1, 0.15) is 50.7 Å². The third-order valence-corrected chi connectivity index (χ3v) is 4.82. The highest BCUT2D eigenvalue weighted by atomic mass is 16.6. The third-order valence-electron chi connectivity index (χ3n) is 4.82. The Morgan fingerprint density at radius 2 is 2.05 bits per heavy atom. The van der Waals surface area contributed by atoms with Crippen LogP contribution >= 0.6 is 0 Å². The van der Waals surface area contributed by atoms with Crippen LogP contribution in [-0.4, -0.2) is 17.9 Å². The molecule has 0 aromatic heterocycles. The first-order valence-electron chi connectivity index (χ1n) is 7.61. The highest BCUT2D eigenvalue weighted by molar-refractivity contribution is 5.97. The number of rotatable bonds is 3. The normalized spacial score (nSPS) is 27.2. The van der Waals surface area contributed by atoms with Gasteiger partial charge in [-0.15, -0.1) is 0 Å². The van der Waals surface area contributed by atoms with Gasteiger partial charge in [0.25, 0.3) is 0 Å². The lowest BCUT2D eigenvalue weighted by molar-refractivity contribution is -0.00797. The molecule has 2 aliphatic carbocycles. The van der Waals surface area contributed by atoms with Gasteiger partial charge in [-0.1, -0.05) is 29.4 Å². The van der Waals surface area contributed by atoms with Gasteiger partial charge in [0.15, 0.2) is 0 Å². The smallest absolute Gasteiger partial charge is 0.144 e. The van der Waals surface area contributed by atoms with Gasteiger partial charge in [0.05, 0.1) is 5.71 Å². The molecule has 1 saturated carbocycles. The highest BCUT2D eigenvalue weighted by Crippen LogP contribution is 2.48. The fraction of sp³-hybridized carbons (Fsp3) is 0.588. The van der Waals surface area contributed by atoms with Gasteiger partial charge in [0.1, 0.15) is 5.60 Å². The summed E-state index contributed by atoms with van der Waals surface area (Å²) in [5, 5.41) is 4.54. The van der Waals surface area contributed by atoms with Crippen molar-refractivity contribution in [2.45, 2.75) is 57.0 Å². The minimum Gasteiger partial charge on any atom is -0.388 e. The number of aryl methyl sites for hydroxylation is 1. The highest BCUT2D eigenvalue weighted by Gasteiger charge is 2.46. The minimum absolute atomic E-state index is 0.140. The maximum atomic E-state index is 5.73. The molecule has 2 N–H and O–H groups in total. The topological polar surface area (TPSA) is 47.6 Å². The van der Waals surface area contributed by atoms with Crippen LogP contribution in [0, 0.1) is 0 Å². The summed E-state index contributed by atoms with van der Waals surface area (Å²) in [7, 11) is 0. The molecule has 3 heteroatoms. The van der Waals surface area contributed by atoms with Gasteiger partial charge in [-0.25, -0.2) is 0 Å². The zero-order valence-electron chi connectivity index (χ0n) is 12.5. The van der Waals surface area contributed by atoms with E-state index in [9.17, 15) is 0 Å². The molecule has 1 aromatic rings. The summed E-state index contributed by atoms with van der Waals surface area (Å²) >= 11 is 0. The SMILES string of the molecule is CC(C)(CN)ON=C1CCCC12CCc1ccccc12. The molecule has 0 radical (unpaired) electrons. The number of nitrogens with two attached hydrogens (primary N) is 1. The molecule has 0 heterocycles. The summed E-state index contributed by atoms with van der Waals surface area (Å²) in [5.74, 6) is 0. The molecule has 1 unspecified atom stereocenters. The van der Waals surface area contributed by atoms with Crippen LogP contribution < -0.4 is 5.73 Å². The van der Waals surface area contributed by atoms with Crippen molar-refractivity contribution in [2.24, 2.45) is 10.9 Å². The summed E-state index contributed by atoms with van der Waals surface area (Å²) in [6.45, 7) is 4.45. The van der Waals surface area contributed by atoms with E-state index in [4.69, 9.17) is 10.6 Å². The number of benzene rings is 1. The Morgan fingerprint density at radius 3 is 2.85 bits per heavy atom. The molecule has 0 aliphatic heterocycles. The predicted octanol–water partition coefficient (Wildman–Crippen LogP) is 3.16. The van der Waals surface area contributed by atoms with E-state index in [1.54, 1.807) is 0 Å². The van der Waals surface area contributed by atoms with Crippen molar-refractivity contribution in [1.29, 1.82) is 0 Å². The van der Waals surface area contributed by atoms with E-state index in [0.29, 0.717) is 6.54 Å². The molecule has 3 nitrogen and oxygen atoms in total. The lowest BCUT2D eigenvalue weighted by Crippen LogP contribution is -2.34. The average Bonchev–Trinajstić information content (AvgIpc) is 3.04. The van der Waals surface area contributed by atoms with Crippen molar-refractivity contribution in [3.8, 4) is 0 Å². The summed E-state index contributed by atoms with van der Waals surface area (Å²) < 4.78 is 0. The van der Waals surface area contributed by atoms with Crippen LogP contribution in [0.25, 0.3) is 0 Å². The quantitative estimate of drug-likeness (QED) is 0.859. The maximum absolute atomic E-state index is 5.73. The molecule has 2 aliphatic rings. The van der Waals surface area contributed by atoms with E-state index in [1.807, 2.05) is 13.8 Å². The zero-order valence-corrected chi connectivity index (χ0v) is 12.5. The largest absolute Gasteiger partial charge is 0.388 e. The second-order valence-corrected chi connectivity index (χ2v) is 6.69. The molecule has 1 atom stereocenters. The van der Waals surface area contributed by atoms with Gasteiger partial charge in [-0.3, -0.25) is 0 Å². The van der Waals surface area contributed by atoms with Gasteiger partial charge in [0.2, 0.25) is 0 Å². The van der Waals surface area contributed by atoms with E-state index < -0.39 is 0 Å². The van der Waals surface area contributed by atoms with E-state index >= 15 is 0 Å². The first-order valence-corrected chi connectivity index (χ1v) is 7.61. The van der Waals surface area contributed by atoms with Gasteiger partial charge < -0.3 is 10.6 Å². The van der Waals surface area contributed by atoms with Crippen molar-refractivity contribution < 1.29 is 4.84 Å². The van der Waals surface area contributed by atoms with Crippen LogP contribution in [0.15, 0.2) is 29.4 Å². The maximum Gasteiger partial charge on any atom is 0.144 e. The van der Waals surface area contributed by atoms with Crippen LogP contribution in [0.3, 0.4) is 0 Å². The lowest BCUT2D eigenvalue weighted by Gasteiger charge is -2.27. The number of nitrogens with zero attached hydrogens (tertiary/aromatic N) is 1. The Labute approximate surface area is 121 Å². The Hall–Kier alpha value is -1.35.